The highest BCUT2D eigenvalue weighted by atomic mass is 79.9. The Hall–Kier alpha value is -2.67. The fourth-order valence-corrected chi connectivity index (χ4v) is 4.41. The molecule has 2 aromatic carbocycles. The summed E-state index contributed by atoms with van der Waals surface area (Å²) in [5.74, 6) is -0.395. The normalized spacial score (nSPS) is 20.5. The number of likely N-dealkylation sites (N-methyl/N-ethyl adjacent to an activating group) is 1. The van der Waals surface area contributed by atoms with Crippen LogP contribution in [0.3, 0.4) is 0 Å². The minimum absolute atomic E-state index is 0.0203. The maximum atomic E-state index is 13.2. The van der Waals surface area contributed by atoms with Crippen LogP contribution in [0, 0.1) is 0 Å². The van der Waals surface area contributed by atoms with Gasteiger partial charge in [0, 0.05) is 24.5 Å². The number of hydrogen-bond donors (Lipinski definition) is 0. The number of hydrogen-bond acceptors (Lipinski definition) is 3. The molecule has 0 radical (unpaired) electrons. The number of benzene rings is 2. The van der Waals surface area contributed by atoms with Crippen molar-refractivity contribution in [2.45, 2.75) is 32.0 Å². The van der Waals surface area contributed by atoms with E-state index >= 15 is 0 Å². The Morgan fingerprint density at radius 1 is 1.14 bits per heavy atom. The average molecular weight is 456 g/mol. The second kappa shape index (κ2) is 7.30. The summed E-state index contributed by atoms with van der Waals surface area (Å²) in [5, 5.41) is 0. The molecule has 3 amide bonds. The Kier molecular flexibility index (Phi) is 4.94. The van der Waals surface area contributed by atoms with Crippen LogP contribution in [0.5, 0.6) is 0 Å². The summed E-state index contributed by atoms with van der Waals surface area (Å²) in [4.78, 5) is 43.7. The van der Waals surface area contributed by atoms with Crippen molar-refractivity contribution in [2.24, 2.45) is 0 Å². The first-order valence-corrected chi connectivity index (χ1v) is 10.3. The molecular weight excluding hydrogens is 434 g/mol. The summed E-state index contributed by atoms with van der Waals surface area (Å²) < 4.78 is 0.978. The Morgan fingerprint density at radius 2 is 1.83 bits per heavy atom. The lowest BCUT2D eigenvalue weighted by molar-refractivity contribution is -0.132. The molecule has 1 saturated heterocycles. The minimum Gasteiger partial charge on any atom is -0.340 e. The van der Waals surface area contributed by atoms with Crippen LogP contribution < -0.4 is 4.90 Å². The molecule has 0 bridgehead atoms. The maximum absolute atomic E-state index is 13.2. The summed E-state index contributed by atoms with van der Waals surface area (Å²) in [6, 6.07) is 14.9. The Labute approximate surface area is 178 Å². The van der Waals surface area contributed by atoms with Gasteiger partial charge in [-0.15, -0.1) is 0 Å². The second-order valence-corrected chi connectivity index (χ2v) is 8.65. The molecule has 2 aliphatic rings. The summed E-state index contributed by atoms with van der Waals surface area (Å²) in [7, 11) is 1.73. The number of carbonyl (C=O) groups is 3. The van der Waals surface area contributed by atoms with Gasteiger partial charge in [-0.1, -0.05) is 40.2 Å². The van der Waals surface area contributed by atoms with E-state index in [4.69, 9.17) is 0 Å². The van der Waals surface area contributed by atoms with Crippen LogP contribution in [-0.2, 0) is 16.1 Å². The molecule has 1 atom stereocenters. The highest BCUT2D eigenvalue weighted by molar-refractivity contribution is 9.10. The molecule has 7 heteroatoms. The highest BCUT2D eigenvalue weighted by Crippen LogP contribution is 2.43. The number of rotatable bonds is 4. The van der Waals surface area contributed by atoms with Crippen molar-refractivity contribution in [3.63, 3.8) is 0 Å². The molecule has 0 aromatic heterocycles. The van der Waals surface area contributed by atoms with E-state index in [-0.39, 0.29) is 24.3 Å². The molecule has 0 saturated carbocycles. The van der Waals surface area contributed by atoms with Gasteiger partial charge in [0.05, 0.1) is 11.3 Å². The number of halogens is 1. The van der Waals surface area contributed by atoms with Crippen molar-refractivity contribution >= 4 is 39.3 Å². The molecule has 2 aliphatic heterocycles. The van der Waals surface area contributed by atoms with E-state index < -0.39 is 5.66 Å². The van der Waals surface area contributed by atoms with E-state index in [1.54, 1.807) is 39.9 Å². The minimum atomic E-state index is -0.823. The number of anilines is 1. The molecule has 2 aromatic rings. The number of carbonyl (C=O) groups excluding carboxylic acids is 3. The average Bonchev–Trinajstić information content (AvgIpc) is 3.02. The summed E-state index contributed by atoms with van der Waals surface area (Å²) in [6.45, 7) is 2.25. The zero-order valence-corrected chi connectivity index (χ0v) is 18.0. The van der Waals surface area contributed by atoms with E-state index in [0.29, 0.717) is 30.6 Å². The quantitative estimate of drug-likeness (QED) is 0.709. The molecule has 0 N–H and O–H groups in total. The molecule has 6 nitrogen and oxygen atoms in total. The monoisotopic (exact) mass is 455 g/mol. The SMILES string of the molecule is CN(Cc1ccc(Br)cc1)C(=O)CN1C(=O)c2ccccc2N2C(=O)CCC12C. The molecule has 1 unspecified atom stereocenters. The first-order valence-electron chi connectivity index (χ1n) is 9.54. The summed E-state index contributed by atoms with van der Waals surface area (Å²) in [5.41, 5.74) is 1.28. The smallest absolute Gasteiger partial charge is 0.258 e. The van der Waals surface area contributed by atoms with Gasteiger partial charge in [-0.25, -0.2) is 0 Å². The summed E-state index contributed by atoms with van der Waals surface area (Å²) >= 11 is 3.41. The van der Waals surface area contributed by atoms with E-state index in [1.165, 1.54) is 0 Å². The van der Waals surface area contributed by atoms with Gasteiger partial charge in [-0.3, -0.25) is 19.3 Å². The topological polar surface area (TPSA) is 60.9 Å². The van der Waals surface area contributed by atoms with Crippen LogP contribution in [0.1, 0.15) is 35.7 Å². The largest absolute Gasteiger partial charge is 0.340 e. The molecule has 150 valence electrons. The van der Waals surface area contributed by atoms with Crippen LogP contribution in [0.25, 0.3) is 0 Å². The summed E-state index contributed by atoms with van der Waals surface area (Å²) in [6.07, 6.45) is 0.868. The van der Waals surface area contributed by atoms with E-state index in [1.807, 2.05) is 37.3 Å². The number of nitrogens with zero attached hydrogens (tertiary/aromatic N) is 3. The van der Waals surface area contributed by atoms with Crippen molar-refractivity contribution in [2.75, 3.05) is 18.5 Å². The van der Waals surface area contributed by atoms with Crippen LogP contribution >= 0.6 is 15.9 Å². The lowest BCUT2D eigenvalue weighted by Gasteiger charge is -2.48. The van der Waals surface area contributed by atoms with Gasteiger partial charge < -0.3 is 9.80 Å². The van der Waals surface area contributed by atoms with Crippen molar-refractivity contribution in [3.8, 4) is 0 Å². The van der Waals surface area contributed by atoms with E-state index in [2.05, 4.69) is 15.9 Å². The Balaban J connectivity index is 1.59. The van der Waals surface area contributed by atoms with Crippen LogP contribution in [0.15, 0.2) is 53.0 Å². The molecule has 29 heavy (non-hydrogen) atoms. The van der Waals surface area contributed by atoms with Crippen LogP contribution in [0.2, 0.25) is 0 Å². The molecule has 2 heterocycles. The standard InChI is InChI=1S/C22H22BrN3O3/c1-22-12-11-19(27)26(22)18-6-4-3-5-17(18)21(29)25(22)14-20(28)24(2)13-15-7-9-16(23)10-8-15/h3-10H,11-14H2,1-2H3. The Bertz CT molecular complexity index is 991. The Morgan fingerprint density at radius 3 is 2.55 bits per heavy atom. The van der Waals surface area contributed by atoms with Gasteiger partial charge in [0.15, 0.2) is 0 Å². The van der Waals surface area contributed by atoms with Gasteiger partial charge in [0.2, 0.25) is 11.8 Å². The lowest BCUT2D eigenvalue weighted by Crippen LogP contribution is -2.63. The first-order chi connectivity index (χ1) is 13.8. The second-order valence-electron chi connectivity index (χ2n) is 7.73. The van der Waals surface area contributed by atoms with Gasteiger partial charge in [-0.05, 0) is 43.2 Å². The molecule has 4 rings (SSSR count). The number of fused-ring (bicyclic) bond motifs is 3. The number of amides is 3. The zero-order chi connectivity index (χ0) is 20.8. The van der Waals surface area contributed by atoms with Gasteiger partial charge >= 0.3 is 0 Å². The predicted molar refractivity (Wildman–Crippen MR) is 113 cm³/mol. The lowest BCUT2D eigenvalue weighted by atomic mass is 9.98. The van der Waals surface area contributed by atoms with Gasteiger partial charge in [0.25, 0.3) is 5.91 Å². The fourth-order valence-electron chi connectivity index (χ4n) is 4.15. The third-order valence-electron chi connectivity index (χ3n) is 5.80. The van der Waals surface area contributed by atoms with Crippen LogP contribution in [-0.4, -0.2) is 46.8 Å². The van der Waals surface area contributed by atoms with Crippen LogP contribution in [0.4, 0.5) is 5.69 Å². The van der Waals surface area contributed by atoms with E-state index in [0.717, 1.165) is 10.0 Å². The molecule has 0 spiro atoms. The van der Waals surface area contributed by atoms with Crippen molar-refractivity contribution in [1.29, 1.82) is 0 Å². The van der Waals surface area contributed by atoms with Gasteiger partial charge in [0.1, 0.15) is 12.2 Å². The third-order valence-corrected chi connectivity index (χ3v) is 6.33. The molecule has 1 fully saturated rings. The first kappa shape index (κ1) is 19.6. The maximum Gasteiger partial charge on any atom is 0.258 e. The fraction of sp³-hybridized carbons (Fsp3) is 0.318. The van der Waals surface area contributed by atoms with Crippen molar-refractivity contribution < 1.29 is 14.4 Å². The highest BCUT2D eigenvalue weighted by Gasteiger charge is 2.53. The van der Waals surface area contributed by atoms with Crippen molar-refractivity contribution in [3.05, 3.63) is 64.1 Å². The van der Waals surface area contributed by atoms with E-state index in [9.17, 15) is 14.4 Å². The number of para-hydroxylation sites is 1. The third kappa shape index (κ3) is 3.33. The van der Waals surface area contributed by atoms with Crippen molar-refractivity contribution in [1.82, 2.24) is 9.80 Å². The van der Waals surface area contributed by atoms with Gasteiger partial charge in [-0.2, -0.15) is 0 Å². The zero-order valence-electron chi connectivity index (χ0n) is 16.4. The molecular formula is C22H22BrN3O3. The molecule has 0 aliphatic carbocycles. The predicted octanol–water partition coefficient (Wildman–Crippen LogP) is 3.41.